The van der Waals surface area contributed by atoms with E-state index in [9.17, 15) is 9.59 Å². The normalized spacial score (nSPS) is 10.0. The number of benzene rings is 1. The first-order valence-electron chi connectivity index (χ1n) is 5.95. The third-order valence-electron chi connectivity index (χ3n) is 2.61. The van der Waals surface area contributed by atoms with Crippen LogP contribution in [0.5, 0.6) is 0 Å². The minimum Gasteiger partial charge on any atom is -0.398 e. The molecule has 0 radical (unpaired) electrons. The Balaban J connectivity index is 2.47. The molecule has 1 aromatic carbocycles. The third kappa shape index (κ3) is 4.59. The fourth-order valence-electron chi connectivity index (χ4n) is 1.49. The second kappa shape index (κ2) is 7.38. The summed E-state index contributed by atoms with van der Waals surface area (Å²) < 4.78 is 4.80. The van der Waals surface area contributed by atoms with Crippen LogP contribution in [0.3, 0.4) is 0 Å². The number of methoxy groups -OCH3 is 1. The maximum Gasteiger partial charge on any atom is 0.253 e. The van der Waals surface area contributed by atoms with E-state index in [2.05, 4.69) is 10.6 Å². The Morgan fingerprint density at radius 2 is 2.05 bits per heavy atom. The lowest BCUT2D eigenvalue weighted by Crippen LogP contribution is -2.38. The lowest BCUT2D eigenvalue weighted by molar-refractivity contribution is -0.120. The monoisotopic (exact) mass is 265 g/mol. The SMILES string of the molecule is COCCNC(=O)CNC(=O)c1cccc(C)c1N. The summed E-state index contributed by atoms with van der Waals surface area (Å²) in [5.41, 5.74) is 7.45. The number of rotatable bonds is 6. The van der Waals surface area contributed by atoms with E-state index in [4.69, 9.17) is 10.5 Å². The molecule has 0 aliphatic carbocycles. The van der Waals surface area contributed by atoms with Crippen LogP contribution >= 0.6 is 0 Å². The number of para-hydroxylation sites is 1. The molecule has 6 nitrogen and oxygen atoms in total. The van der Waals surface area contributed by atoms with Gasteiger partial charge in [0.05, 0.1) is 18.7 Å². The molecule has 0 spiro atoms. The van der Waals surface area contributed by atoms with Gasteiger partial charge in [-0.25, -0.2) is 0 Å². The summed E-state index contributed by atoms with van der Waals surface area (Å²) in [6.45, 7) is 2.59. The van der Waals surface area contributed by atoms with Crippen molar-refractivity contribution < 1.29 is 14.3 Å². The Morgan fingerprint density at radius 1 is 1.32 bits per heavy atom. The highest BCUT2D eigenvalue weighted by molar-refractivity contribution is 6.01. The lowest BCUT2D eigenvalue weighted by atomic mass is 10.1. The van der Waals surface area contributed by atoms with Gasteiger partial charge in [0.1, 0.15) is 0 Å². The molecule has 0 unspecified atom stereocenters. The fourth-order valence-corrected chi connectivity index (χ4v) is 1.49. The Labute approximate surface area is 112 Å². The van der Waals surface area contributed by atoms with E-state index in [0.29, 0.717) is 24.4 Å². The van der Waals surface area contributed by atoms with Crippen molar-refractivity contribution in [2.75, 3.05) is 32.5 Å². The summed E-state index contributed by atoms with van der Waals surface area (Å²) >= 11 is 0. The lowest BCUT2D eigenvalue weighted by Gasteiger charge is -2.09. The molecule has 0 saturated carbocycles. The molecule has 4 N–H and O–H groups in total. The summed E-state index contributed by atoms with van der Waals surface area (Å²) in [6, 6.07) is 5.20. The number of ether oxygens (including phenoxy) is 1. The highest BCUT2D eigenvalue weighted by atomic mass is 16.5. The molecular formula is C13H19N3O3. The van der Waals surface area contributed by atoms with Gasteiger partial charge in [0.25, 0.3) is 5.91 Å². The van der Waals surface area contributed by atoms with Crippen LogP contribution in [0.25, 0.3) is 0 Å². The van der Waals surface area contributed by atoms with Crippen LogP contribution in [0.4, 0.5) is 5.69 Å². The second-order valence-electron chi connectivity index (χ2n) is 4.06. The van der Waals surface area contributed by atoms with Crippen LogP contribution < -0.4 is 16.4 Å². The molecule has 0 saturated heterocycles. The van der Waals surface area contributed by atoms with E-state index in [-0.39, 0.29) is 18.4 Å². The van der Waals surface area contributed by atoms with Gasteiger partial charge in [-0.15, -0.1) is 0 Å². The zero-order chi connectivity index (χ0) is 14.3. The van der Waals surface area contributed by atoms with Gasteiger partial charge < -0.3 is 21.1 Å². The largest absolute Gasteiger partial charge is 0.398 e. The van der Waals surface area contributed by atoms with Crippen molar-refractivity contribution in [1.82, 2.24) is 10.6 Å². The standard InChI is InChI=1S/C13H19N3O3/c1-9-4-3-5-10(12(9)14)13(18)16-8-11(17)15-6-7-19-2/h3-5H,6-8,14H2,1-2H3,(H,15,17)(H,16,18). The van der Waals surface area contributed by atoms with E-state index >= 15 is 0 Å². The first kappa shape index (κ1) is 15.0. The average Bonchev–Trinajstić information content (AvgIpc) is 2.39. The highest BCUT2D eigenvalue weighted by Gasteiger charge is 2.11. The molecule has 0 bridgehead atoms. The number of anilines is 1. The van der Waals surface area contributed by atoms with E-state index in [0.717, 1.165) is 5.56 Å². The summed E-state index contributed by atoms with van der Waals surface area (Å²) in [5, 5.41) is 5.13. The first-order valence-corrected chi connectivity index (χ1v) is 5.95. The smallest absolute Gasteiger partial charge is 0.253 e. The summed E-state index contributed by atoms with van der Waals surface area (Å²) in [5.74, 6) is -0.625. The Morgan fingerprint density at radius 3 is 2.74 bits per heavy atom. The minimum atomic E-state index is -0.358. The average molecular weight is 265 g/mol. The molecule has 0 fully saturated rings. The first-order chi connectivity index (χ1) is 9.06. The number of hydrogen-bond acceptors (Lipinski definition) is 4. The van der Waals surface area contributed by atoms with Gasteiger partial charge in [0, 0.05) is 19.3 Å². The van der Waals surface area contributed by atoms with Crippen LogP contribution in [0.15, 0.2) is 18.2 Å². The van der Waals surface area contributed by atoms with Crippen LogP contribution in [0, 0.1) is 6.92 Å². The third-order valence-corrected chi connectivity index (χ3v) is 2.61. The van der Waals surface area contributed by atoms with Crippen LogP contribution in [0.1, 0.15) is 15.9 Å². The predicted octanol–water partition coefficient (Wildman–Crippen LogP) is 0.0696. The summed E-state index contributed by atoms with van der Waals surface area (Å²) in [7, 11) is 1.55. The van der Waals surface area contributed by atoms with Crippen molar-refractivity contribution in [3.63, 3.8) is 0 Å². The zero-order valence-electron chi connectivity index (χ0n) is 11.2. The van der Waals surface area contributed by atoms with Crippen molar-refractivity contribution in [1.29, 1.82) is 0 Å². The van der Waals surface area contributed by atoms with Crippen molar-refractivity contribution in [2.24, 2.45) is 0 Å². The van der Waals surface area contributed by atoms with E-state index < -0.39 is 0 Å². The minimum absolute atomic E-state index is 0.0874. The van der Waals surface area contributed by atoms with E-state index in [1.54, 1.807) is 19.2 Å². The van der Waals surface area contributed by atoms with Gasteiger partial charge in [-0.3, -0.25) is 9.59 Å². The van der Waals surface area contributed by atoms with Gasteiger partial charge in [0.2, 0.25) is 5.91 Å². The van der Waals surface area contributed by atoms with Gasteiger partial charge >= 0.3 is 0 Å². The van der Waals surface area contributed by atoms with Crippen LogP contribution in [0.2, 0.25) is 0 Å². The number of hydrogen-bond donors (Lipinski definition) is 3. The molecule has 1 rings (SSSR count). The van der Waals surface area contributed by atoms with Gasteiger partial charge in [0.15, 0.2) is 0 Å². The number of nitrogens with two attached hydrogens (primary N) is 1. The molecule has 1 aromatic rings. The maximum atomic E-state index is 11.9. The van der Waals surface area contributed by atoms with Crippen LogP contribution in [-0.2, 0) is 9.53 Å². The van der Waals surface area contributed by atoms with Gasteiger partial charge in [-0.2, -0.15) is 0 Å². The number of carbonyl (C=O) groups is 2. The molecule has 0 aliphatic heterocycles. The molecule has 0 aromatic heterocycles. The van der Waals surface area contributed by atoms with E-state index in [1.807, 2.05) is 13.0 Å². The van der Waals surface area contributed by atoms with Crippen molar-refractivity contribution >= 4 is 17.5 Å². The summed E-state index contributed by atoms with van der Waals surface area (Å²) in [4.78, 5) is 23.2. The Kier molecular flexibility index (Phi) is 5.81. The maximum absolute atomic E-state index is 11.9. The number of carbonyl (C=O) groups excluding carboxylic acids is 2. The van der Waals surface area contributed by atoms with Crippen molar-refractivity contribution in [3.05, 3.63) is 29.3 Å². The van der Waals surface area contributed by atoms with Gasteiger partial charge in [-0.05, 0) is 18.6 Å². The zero-order valence-corrected chi connectivity index (χ0v) is 11.2. The number of nitrogens with one attached hydrogen (secondary N) is 2. The summed E-state index contributed by atoms with van der Waals surface area (Å²) in [6.07, 6.45) is 0. The second-order valence-corrected chi connectivity index (χ2v) is 4.06. The molecule has 2 amide bonds. The number of nitrogen functional groups attached to an aromatic ring is 1. The number of aryl methyl sites for hydroxylation is 1. The highest BCUT2D eigenvalue weighted by Crippen LogP contribution is 2.15. The van der Waals surface area contributed by atoms with Crippen molar-refractivity contribution in [3.8, 4) is 0 Å². The van der Waals surface area contributed by atoms with Crippen LogP contribution in [-0.4, -0.2) is 38.6 Å². The van der Waals surface area contributed by atoms with E-state index in [1.165, 1.54) is 0 Å². The molecule has 0 heterocycles. The molecule has 0 atom stereocenters. The topological polar surface area (TPSA) is 93.5 Å². The predicted molar refractivity (Wildman–Crippen MR) is 72.8 cm³/mol. The quantitative estimate of drug-likeness (QED) is 0.501. The number of amides is 2. The van der Waals surface area contributed by atoms with Crippen molar-refractivity contribution in [2.45, 2.75) is 6.92 Å². The Hall–Kier alpha value is -2.08. The molecular weight excluding hydrogens is 246 g/mol. The Bertz CT molecular complexity index is 460. The van der Waals surface area contributed by atoms with Gasteiger partial charge in [-0.1, -0.05) is 12.1 Å². The molecule has 104 valence electrons. The molecule has 6 heteroatoms. The molecule has 19 heavy (non-hydrogen) atoms. The molecule has 0 aliphatic rings. The fraction of sp³-hybridized carbons (Fsp3) is 0.385.